The molecule has 0 bridgehead atoms. The van der Waals surface area contributed by atoms with Crippen LogP contribution < -0.4 is 0 Å². The molecule has 18 heavy (non-hydrogen) atoms. The lowest BCUT2D eigenvalue weighted by Gasteiger charge is -2.41. The summed E-state index contributed by atoms with van der Waals surface area (Å²) in [6.45, 7) is 4.00. The number of thioether (sulfide) groups is 1. The molecule has 100 valence electrons. The van der Waals surface area contributed by atoms with Crippen LogP contribution in [0.3, 0.4) is 0 Å². The van der Waals surface area contributed by atoms with Crippen LogP contribution in [-0.4, -0.2) is 16.6 Å². The Morgan fingerprint density at radius 2 is 1.94 bits per heavy atom. The minimum absolute atomic E-state index is 0.140. The Hall–Kier alpha value is -0.130. The highest BCUT2D eigenvalue weighted by Gasteiger charge is 2.43. The van der Waals surface area contributed by atoms with Crippen LogP contribution in [0.25, 0.3) is 0 Å². The molecule has 0 aromatic heterocycles. The zero-order chi connectivity index (χ0) is 13.6. The summed E-state index contributed by atoms with van der Waals surface area (Å²) < 4.78 is 28.2. The van der Waals surface area contributed by atoms with Crippen molar-refractivity contribution in [1.82, 2.24) is 0 Å². The maximum absolute atomic E-state index is 14.1. The molecule has 0 saturated carbocycles. The van der Waals surface area contributed by atoms with E-state index in [-0.39, 0.29) is 15.5 Å². The topological polar surface area (TPSA) is 20.2 Å². The predicted molar refractivity (Wildman–Crippen MR) is 73.7 cm³/mol. The summed E-state index contributed by atoms with van der Waals surface area (Å²) in [5, 5.41) is 10.6. The van der Waals surface area contributed by atoms with E-state index in [0.717, 1.165) is 5.75 Å². The van der Waals surface area contributed by atoms with Crippen molar-refractivity contribution in [2.24, 2.45) is 5.41 Å². The van der Waals surface area contributed by atoms with Crippen LogP contribution >= 0.6 is 27.7 Å². The number of hydrogen-bond acceptors (Lipinski definition) is 2. The summed E-state index contributed by atoms with van der Waals surface area (Å²) in [6, 6.07) is 2.51. The fraction of sp³-hybridized carbons (Fsp3) is 0.538. The normalized spacial score (nSPS) is 27.2. The summed E-state index contributed by atoms with van der Waals surface area (Å²) >= 11 is 4.57. The van der Waals surface area contributed by atoms with Crippen molar-refractivity contribution in [2.75, 3.05) is 11.5 Å². The molecule has 0 radical (unpaired) electrons. The van der Waals surface area contributed by atoms with Crippen molar-refractivity contribution in [3.63, 3.8) is 0 Å². The van der Waals surface area contributed by atoms with Crippen LogP contribution in [0.15, 0.2) is 16.6 Å². The Balaban J connectivity index is 2.50. The van der Waals surface area contributed by atoms with Gasteiger partial charge >= 0.3 is 0 Å². The van der Waals surface area contributed by atoms with Crippen molar-refractivity contribution >= 4 is 27.7 Å². The second kappa shape index (κ2) is 4.76. The molecule has 1 heterocycles. The lowest BCUT2D eigenvalue weighted by molar-refractivity contribution is 0.00918. The van der Waals surface area contributed by atoms with Crippen LogP contribution in [-0.2, 0) is 5.60 Å². The summed E-state index contributed by atoms with van der Waals surface area (Å²) in [7, 11) is 0. The van der Waals surface area contributed by atoms with Gasteiger partial charge in [-0.05, 0) is 45.7 Å². The van der Waals surface area contributed by atoms with Gasteiger partial charge in [0.15, 0.2) is 0 Å². The fourth-order valence-corrected chi connectivity index (χ4v) is 4.18. The number of benzene rings is 1. The number of halogens is 3. The average Bonchev–Trinajstić information content (AvgIpc) is 2.22. The summed E-state index contributed by atoms with van der Waals surface area (Å²) in [4.78, 5) is 0. The highest BCUT2D eigenvalue weighted by Crippen LogP contribution is 2.46. The minimum atomic E-state index is -1.44. The largest absolute Gasteiger partial charge is 0.384 e. The van der Waals surface area contributed by atoms with Gasteiger partial charge in [0, 0.05) is 5.75 Å². The molecule has 2 rings (SSSR count). The molecule has 5 heteroatoms. The number of hydrogen-bond donors (Lipinski definition) is 1. The van der Waals surface area contributed by atoms with Crippen LogP contribution in [0.1, 0.15) is 25.8 Å². The number of aliphatic hydroxyl groups is 1. The molecular weight excluding hydrogens is 322 g/mol. The van der Waals surface area contributed by atoms with Crippen molar-refractivity contribution in [3.8, 4) is 0 Å². The van der Waals surface area contributed by atoms with E-state index in [1.165, 1.54) is 23.9 Å². The summed E-state index contributed by atoms with van der Waals surface area (Å²) in [6.07, 6.45) is 0.358. The maximum atomic E-state index is 14.1. The standard InChI is InChI=1S/C13H15BrF2OS/c1-12(2)5-13(17,7-18-6-12)10-9(15)4-3-8(14)11(10)16/h3-4,17H,5-7H2,1-2H3. The quantitative estimate of drug-likeness (QED) is 0.780. The Kier molecular flexibility index (Phi) is 3.78. The molecule has 0 aliphatic carbocycles. The smallest absolute Gasteiger partial charge is 0.146 e. The van der Waals surface area contributed by atoms with Crippen LogP contribution in [0, 0.1) is 17.0 Å². The van der Waals surface area contributed by atoms with Gasteiger partial charge in [-0.15, -0.1) is 0 Å². The van der Waals surface area contributed by atoms with Gasteiger partial charge in [0.1, 0.15) is 17.2 Å². The fourth-order valence-electron chi connectivity index (χ4n) is 2.50. The molecule has 1 aromatic carbocycles. The minimum Gasteiger partial charge on any atom is -0.384 e. The van der Waals surface area contributed by atoms with E-state index in [2.05, 4.69) is 15.9 Å². The highest BCUT2D eigenvalue weighted by atomic mass is 79.9. The Morgan fingerprint density at radius 3 is 2.56 bits per heavy atom. The SMILES string of the molecule is CC1(C)CSCC(O)(c2c(F)ccc(Br)c2F)C1. The summed E-state index contributed by atoms with van der Waals surface area (Å²) in [5.41, 5.74) is -1.79. The molecule has 1 unspecified atom stereocenters. The van der Waals surface area contributed by atoms with Gasteiger partial charge in [-0.1, -0.05) is 13.8 Å². The lowest BCUT2D eigenvalue weighted by Crippen LogP contribution is -2.41. The van der Waals surface area contributed by atoms with Gasteiger partial charge in [0.05, 0.1) is 10.0 Å². The van der Waals surface area contributed by atoms with Crippen molar-refractivity contribution < 1.29 is 13.9 Å². The first-order chi connectivity index (χ1) is 8.25. The maximum Gasteiger partial charge on any atom is 0.146 e. The second-order valence-corrected chi connectivity index (χ2v) is 7.42. The lowest BCUT2D eigenvalue weighted by atomic mass is 9.78. The molecule has 1 aliphatic heterocycles. The van der Waals surface area contributed by atoms with E-state index in [0.29, 0.717) is 12.2 Å². The second-order valence-electron chi connectivity index (χ2n) is 5.58. The van der Waals surface area contributed by atoms with E-state index >= 15 is 0 Å². The van der Waals surface area contributed by atoms with Crippen molar-refractivity contribution in [2.45, 2.75) is 25.9 Å². The zero-order valence-electron chi connectivity index (χ0n) is 10.3. The zero-order valence-corrected chi connectivity index (χ0v) is 12.7. The van der Waals surface area contributed by atoms with E-state index < -0.39 is 17.2 Å². The average molecular weight is 337 g/mol. The van der Waals surface area contributed by atoms with Crippen molar-refractivity contribution in [3.05, 3.63) is 33.8 Å². The third-order valence-corrected chi connectivity index (χ3v) is 5.39. The molecule has 1 saturated heterocycles. The van der Waals surface area contributed by atoms with Gasteiger partial charge in [0.25, 0.3) is 0 Å². The third-order valence-electron chi connectivity index (χ3n) is 3.11. The Labute approximate surface area is 118 Å². The molecule has 1 aliphatic rings. The molecule has 1 N–H and O–H groups in total. The first kappa shape index (κ1) is 14.3. The first-order valence-corrected chi connectivity index (χ1v) is 7.64. The van der Waals surface area contributed by atoms with E-state index in [1.54, 1.807) is 0 Å². The Bertz CT molecular complexity index is 478. The van der Waals surface area contributed by atoms with Crippen molar-refractivity contribution in [1.29, 1.82) is 0 Å². The van der Waals surface area contributed by atoms with E-state index in [1.807, 2.05) is 13.8 Å². The molecule has 1 nitrogen and oxygen atoms in total. The van der Waals surface area contributed by atoms with E-state index in [9.17, 15) is 13.9 Å². The third kappa shape index (κ3) is 2.58. The van der Waals surface area contributed by atoms with Crippen LogP contribution in [0.4, 0.5) is 8.78 Å². The van der Waals surface area contributed by atoms with E-state index in [4.69, 9.17) is 0 Å². The molecule has 0 amide bonds. The molecule has 1 fully saturated rings. The van der Waals surface area contributed by atoms with Gasteiger partial charge in [-0.3, -0.25) is 0 Å². The predicted octanol–water partition coefficient (Wildman–Crippen LogP) is 4.08. The van der Waals surface area contributed by atoms with Gasteiger partial charge in [-0.25, -0.2) is 8.78 Å². The highest BCUT2D eigenvalue weighted by molar-refractivity contribution is 9.10. The van der Waals surface area contributed by atoms with Crippen LogP contribution in [0.2, 0.25) is 0 Å². The monoisotopic (exact) mass is 336 g/mol. The molecule has 1 atom stereocenters. The van der Waals surface area contributed by atoms with Gasteiger partial charge < -0.3 is 5.11 Å². The van der Waals surface area contributed by atoms with Gasteiger partial charge in [-0.2, -0.15) is 11.8 Å². The molecule has 0 spiro atoms. The Morgan fingerprint density at radius 1 is 1.28 bits per heavy atom. The molecular formula is C13H15BrF2OS. The summed E-state index contributed by atoms with van der Waals surface area (Å²) in [5.74, 6) is -0.180. The van der Waals surface area contributed by atoms with Crippen LogP contribution in [0.5, 0.6) is 0 Å². The molecule has 1 aromatic rings. The van der Waals surface area contributed by atoms with Gasteiger partial charge in [0.2, 0.25) is 0 Å². The first-order valence-electron chi connectivity index (χ1n) is 5.69. The number of rotatable bonds is 1.